The highest BCUT2D eigenvalue weighted by molar-refractivity contribution is 7.99. The molecule has 2 unspecified atom stereocenters. The number of halogens is 1. The molecule has 0 radical (unpaired) electrons. The number of thioether (sulfide) groups is 1. The molecule has 0 aliphatic carbocycles. The van der Waals surface area contributed by atoms with E-state index in [1.54, 1.807) is 18.0 Å². The maximum absolute atomic E-state index is 6.09. The Balaban J connectivity index is 2.54. The van der Waals surface area contributed by atoms with Crippen molar-refractivity contribution in [3.8, 4) is 0 Å². The summed E-state index contributed by atoms with van der Waals surface area (Å²) in [6.45, 7) is 7.67. The molecule has 0 aromatic carbocycles. The van der Waals surface area contributed by atoms with E-state index in [0.29, 0.717) is 12.0 Å². The van der Waals surface area contributed by atoms with Gasteiger partial charge in [0.2, 0.25) is 0 Å². The van der Waals surface area contributed by atoms with Crippen LogP contribution in [0.2, 0.25) is 5.02 Å². The zero-order valence-electron chi connectivity index (χ0n) is 10.7. The lowest BCUT2D eigenvalue weighted by Gasteiger charge is -2.23. The third-order valence-corrected chi connectivity index (χ3v) is 4.46. The van der Waals surface area contributed by atoms with Gasteiger partial charge >= 0.3 is 0 Å². The van der Waals surface area contributed by atoms with Gasteiger partial charge in [-0.2, -0.15) is 0 Å². The van der Waals surface area contributed by atoms with Gasteiger partial charge in [-0.15, -0.1) is 11.8 Å². The van der Waals surface area contributed by atoms with Crippen LogP contribution in [0.5, 0.6) is 0 Å². The van der Waals surface area contributed by atoms with Crippen LogP contribution in [0.15, 0.2) is 23.4 Å². The van der Waals surface area contributed by atoms with Crippen molar-refractivity contribution in [3.63, 3.8) is 0 Å². The number of aromatic nitrogens is 1. The summed E-state index contributed by atoms with van der Waals surface area (Å²) in [4.78, 5) is 4.30. The fourth-order valence-corrected chi connectivity index (χ4v) is 3.03. The first kappa shape index (κ1) is 14.8. The van der Waals surface area contributed by atoms with Gasteiger partial charge in [0.1, 0.15) is 5.03 Å². The number of hydrogen-bond donors (Lipinski definition) is 1. The van der Waals surface area contributed by atoms with Gasteiger partial charge in [-0.1, -0.05) is 38.8 Å². The van der Waals surface area contributed by atoms with Gasteiger partial charge < -0.3 is 5.32 Å². The first-order valence-corrected chi connectivity index (χ1v) is 7.52. The Bertz CT molecular complexity index is 333. The lowest BCUT2D eigenvalue weighted by Crippen LogP contribution is -2.36. The van der Waals surface area contributed by atoms with E-state index in [9.17, 15) is 0 Å². The van der Waals surface area contributed by atoms with E-state index in [4.69, 9.17) is 11.6 Å². The molecule has 2 atom stereocenters. The van der Waals surface area contributed by atoms with Crippen LogP contribution in [0, 0.1) is 5.92 Å². The van der Waals surface area contributed by atoms with Crippen LogP contribution in [0.25, 0.3) is 0 Å². The van der Waals surface area contributed by atoms with Gasteiger partial charge in [0.15, 0.2) is 0 Å². The van der Waals surface area contributed by atoms with Crippen molar-refractivity contribution in [2.75, 3.05) is 12.3 Å². The molecule has 17 heavy (non-hydrogen) atoms. The van der Waals surface area contributed by atoms with Gasteiger partial charge in [0.05, 0.1) is 5.02 Å². The number of nitrogens with one attached hydrogen (secondary N) is 1. The average Bonchev–Trinajstić information content (AvgIpc) is 2.35. The van der Waals surface area contributed by atoms with Crippen LogP contribution in [-0.4, -0.2) is 23.3 Å². The van der Waals surface area contributed by atoms with Crippen LogP contribution >= 0.6 is 23.4 Å². The van der Waals surface area contributed by atoms with Crippen molar-refractivity contribution in [1.29, 1.82) is 0 Å². The van der Waals surface area contributed by atoms with Gasteiger partial charge in [0, 0.05) is 18.0 Å². The van der Waals surface area contributed by atoms with E-state index in [0.717, 1.165) is 22.3 Å². The number of nitrogens with zero attached hydrogens (tertiary/aromatic N) is 1. The third kappa shape index (κ3) is 4.86. The SMILES string of the molecule is CCNC(CSc1ncccc1Cl)C(C)CC. The smallest absolute Gasteiger partial charge is 0.115 e. The van der Waals surface area contributed by atoms with Crippen molar-refractivity contribution in [2.24, 2.45) is 5.92 Å². The van der Waals surface area contributed by atoms with Gasteiger partial charge in [-0.05, 0) is 24.6 Å². The molecule has 1 aromatic rings. The fourth-order valence-electron chi connectivity index (χ4n) is 1.62. The topological polar surface area (TPSA) is 24.9 Å². The molecule has 0 amide bonds. The monoisotopic (exact) mass is 272 g/mol. The van der Waals surface area contributed by atoms with Crippen molar-refractivity contribution in [2.45, 2.75) is 38.3 Å². The molecule has 0 fully saturated rings. The van der Waals surface area contributed by atoms with Crippen LogP contribution < -0.4 is 5.32 Å². The molecule has 96 valence electrons. The number of rotatable bonds is 7. The molecule has 0 saturated heterocycles. The standard InChI is InChI=1S/C13H21ClN2S/c1-4-10(3)12(15-5-2)9-17-13-11(14)7-6-8-16-13/h6-8,10,12,15H,4-5,9H2,1-3H3. The summed E-state index contributed by atoms with van der Waals surface area (Å²) < 4.78 is 0. The molecule has 0 saturated carbocycles. The Kier molecular flexibility index (Phi) is 6.93. The predicted molar refractivity (Wildman–Crippen MR) is 76.9 cm³/mol. The van der Waals surface area contributed by atoms with Crippen LogP contribution in [0.1, 0.15) is 27.2 Å². The first-order chi connectivity index (χ1) is 8.19. The van der Waals surface area contributed by atoms with Gasteiger partial charge in [-0.3, -0.25) is 0 Å². The van der Waals surface area contributed by atoms with E-state index in [1.165, 1.54) is 6.42 Å². The van der Waals surface area contributed by atoms with E-state index >= 15 is 0 Å². The number of hydrogen-bond acceptors (Lipinski definition) is 3. The molecule has 4 heteroatoms. The highest BCUT2D eigenvalue weighted by Crippen LogP contribution is 2.26. The molecule has 0 bridgehead atoms. The third-order valence-electron chi connectivity index (χ3n) is 2.92. The maximum atomic E-state index is 6.09. The van der Waals surface area contributed by atoms with E-state index in [1.807, 2.05) is 12.1 Å². The zero-order chi connectivity index (χ0) is 12.7. The first-order valence-electron chi connectivity index (χ1n) is 6.15. The Morgan fingerprint density at radius 1 is 1.47 bits per heavy atom. The Morgan fingerprint density at radius 2 is 2.24 bits per heavy atom. The second kappa shape index (κ2) is 7.96. The predicted octanol–water partition coefficient (Wildman–Crippen LogP) is 3.85. The summed E-state index contributed by atoms with van der Waals surface area (Å²) in [7, 11) is 0. The summed E-state index contributed by atoms with van der Waals surface area (Å²) in [5.74, 6) is 1.68. The summed E-state index contributed by atoms with van der Waals surface area (Å²) in [6, 6.07) is 4.28. The van der Waals surface area contributed by atoms with Crippen LogP contribution in [0.4, 0.5) is 0 Å². The maximum Gasteiger partial charge on any atom is 0.115 e. The van der Waals surface area contributed by atoms with Crippen LogP contribution in [0.3, 0.4) is 0 Å². The zero-order valence-corrected chi connectivity index (χ0v) is 12.3. The van der Waals surface area contributed by atoms with Crippen molar-refractivity contribution in [3.05, 3.63) is 23.4 Å². The Hall–Kier alpha value is -0.250. The minimum Gasteiger partial charge on any atom is -0.313 e. The second-order valence-electron chi connectivity index (χ2n) is 4.15. The van der Waals surface area contributed by atoms with E-state index < -0.39 is 0 Å². The van der Waals surface area contributed by atoms with Crippen molar-refractivity contribution < 1.29 is 0 Å². The second-order valence-corrected chi connectivity index (χ2v) is 5.57. The molecule has 2 nitrogen and oxygen atoms in total. The summed E-state index contributed by atoms with van der Waals surface area (Å²) >= 11 is 7.83. The molecule has 0 aliphatic heterocycles. The minimum absolute atomic E-state index is 0.521. The van der Waals surface area contributed by atoms with Gasteiger partial charge in [-0.25, -0.2) is 4.98 Å². The summed E-state index contributed by atoms with van der Waals surface area (Å²) in [5, 5.41) is 5.21. The highest BCUT2D eigenvalue weighted by Gasteiger charge is 2.15. The van der Waals surface area contributed by atoms with Crippen LogP contribution in [-0.2, 0) is 0 Å². The van der Waals surface area contributed by atoms with Gasteiger partial charge in [0.25, 0.3) is 0 Å². The normalized spacial score (nSPS) is 14.6. The van der Waals surface area contributed by atoms with Crippen molar-refractivity contribution in [1.82, 2.24) is 10.3 Å². The average molecular weight is 273 g/mol. The largest absolute Gasteiger partial charge is 0.313 e. The van der Waals surface area contributed by atoms with Crippen molar-refractivity contribution >= 4 is 23.4 Å². The molecule has 0 spiro atoms. The molecule has 1 heterocycles. The molecular formula is C13H21ClN2S. The number of pyridine rings is 1. The lowest BCUT2D eigenvalue weighted by atomic mass is 10.0. The molecule has 1 N–H and O–H groups in total. The quantitative estimate of drug-likeness (QED) is 0.763. The molecular weight excluding hydrogens is 252 g/mol. The molecule has 1 rings (SSSR count). The molecule has 1 aromatic heterocycles. The highest BCUT2D eigenvalue weighted by atomic mass is 35.5. The Labute approximate surface area is 114 Å². The van der Waals surface area contributed by atoms with E-state index in [-0.39, 0.29) is 0 Å². The minimum atomic E-state index is 0.521. The lowest BCUT2D eigenvalue weighted by molar-refractivity contribution is 0.404. The molecule has 0 aliphatic rings. The summed E-state index contributed by atoms with van der Waals surface area (Å²) in [6.07, 6.45) is 2.98. The Morgan fingerprint density at radius 3 is 2.82 bits per heavy atom. The van der Waals surface area contributed by atoms with E-state index in [2.05, 4.69) is 31.1 Å². The fraction of sp³-hybridized carbons (Fsp3) is 0.615. The summed E-state index contributed by atoms with van der Waals surface area (Å²) in [5.41, 5.74) is 0.